The highest BCUT2D eigenvalue weighted by Crippen LogP contribution is 2.25. The van der Waals surface area contributed by atoms with Crippen LogP contribution in [0.25, 0.3) is 0 Å². The molecule has 0 aromatic carbocycles. The maximum Gasteiger partial charge on any atom is 0.243 e. The monoisotopic (exact) mass is 280 g/mol. The summed E-state index contributed by atoms with van der Waals surface area (Å²) in [5.74, 6) is 1.04. The molecular formula is C16H28N2O2. The van der Waals surface area contributed by atoms with E-state index in [1.165, 1.54) is 12.8 Å². The average molecular weight is 280 g/mol. The van der Waals surface area contributed by atoms with Crippen LogP contribution in [0.2, 0.25) is 0 Å². The zero-order valence-electron chi connectivity index (χ0n) is 13.0. The van der Waals surface area contributed by atoms with Gasteiger partial charge in [-0.05, 0) is 31.1 Å². The Morgan fingerprint density at radius 3 is 2.60 bits per heavy atom. The highest BCUT2D eigenvalue weighted by atomic mass is 16.2. The summed E-state index contributed by atoms with van der Waals surface area (Å²) in [5.41, 5.74) is 0. The van der Waals surface area contributed by atoms with Gasteiger partial charge in [0.15, 0.2) is 0 Å². The Bertz CT molecular complexity index is 367. The van der Waals surface area contributed by atoms with Crippen LogP contribution in [0.15, 0.2) is 0 Å². The first-order valence-electron chi connectivity index (χ1n) is 8.09. The number of rotatable bonds is 4. The van der Waals surface area contributed by atoms with Crippen molar-refractivity contribution in [1.29, 1.82) is 0 Å². The van der Waals surface area contributed by atoms with E-state index >= 15 is 0 Å². The third kappa shape index (κ3) is 3.53. The molecule has 20 heavy (non-hydrogen) atoms. The minimum Gasteiger partial charge on any atom is -0.352 e. The Labute approximate surface area is 122 Å². The smallest absolute Gasteiger partial charge is 0.243 e. The van der Waals surface area contributed by atoms with Crippen LogP contribution in [0.5, 0.6) is 0 Å². The van der Waals surface area contributed by atoms with E-state index in [0.717, 1.165) is 25.8 Å². The molecule has 0 radical (unpaired) electrons. The average Bonchev–Trinajstić information content (AvgIpc) is 2.75. The lowest BCUT2D eigenvalue weighted by molar-refractivity contribution is -0.139. The molecule has 2 amide bonds. The van der Waals surface area contributed by atoms with Gasteiger partial charge >= 0.3 is 0 Å². The quantitative estimate of drug-likeness (QED) is 0.859. The Hall–Kier alpha value is -1.06. The van der Waals surface area contributed by atoms with Crippen LogP contribution in [0.1, 0.15) is 59.3 Å². The van der Waals surface area contributed by atoms with Crippen LogP contribution in [-0.4, -0.2) is 35.3 Å². The van der Waals surface area contributed by atoms with Crippen LogP contribution in [0, 0.1) is 11.8 Å². The Morgan fingerprint density at radius 2 is 2.05 bits per heavy atom. The van der Waals surface area contributed by atoms with Gasteiger partial charge < -0.3 is 10.2 Å². The molecule has 1 aliphatic carbocycles. The number of carbonyl (C=O) groups excluding carboxylic acids is 2. The van der Waals surface area contributed by atoms with E-state index in [1.807, 2.05) is 13.8 Å². The summed E-state index contributed by atoms with van der Waals surface area (Å²) < 4.78 is 0. The molecular weight excluding hydrogens is 252 g/mol. The van der Waals surface area contributed by atoms with E-state index in [0.29, 0.717) is 18.4 Å². The lowest BCUT2D eigenvalue weighted by atomic mass is 9.86. The van der Waals surface area contributed by atoms with Gasteiger partial charge in [0.2, 0.25) is 11.8 Å². The van der Waals surface area contributed by atoms with Gasteiger partial charge in [-0.2, -0.15) is 0 Å². The van der Waals surface area contributed by atoms with Crippen LogP contribution in [-0.2, 0) is 9.59 Å². The summed E-state index contributed by atoms with van der Waals surface area (Å²) in [6.07, 6.45) is 6.10. The van der Waals surface area contributed by atoms with E-state index in [9.17, 15) is 9.59 Å². The van der Waals surface area contributed by atoms with Gasteiger partial charge in [0.05, 0.1) is 0 Å². The normalized spacial score (nSPS) is 28.8. The standard InChI is InChI=1S/C16H28N2O2/c1-11(2)15(18-9-5-8-14(18)19)16(20)17-13-7-4-6-12(3)10-13/h11-13,15H,4-10H2,1-3H3,(H,17,20). The van der Waals surface area contributed by atoms with Gasteiger partial charge in [-0.3, -0.25) is 9.59 Å². The second-order valence-electron chi connectivity index (χ2n) is 6.86. The van der Waals surface area contributed by atoms with E-state index in [2.05, 4.69) is 12.2 Å². The zero-order valence-corrected chi connectivity index (χ0v) is 13.0. The SMILES string of the molecule is CC1CCCC(NC(=O)C(C(C)C)N2CCCC2=O)C1. The number of hydrogen-bond acceptors (Lipinski definition) is 2. The van der Waals surface area contributed by atoms with E-state index in [1.54, 1.807) is 4.90 Å². The van der Waals surface area contributed by atoms with Gasteiger partial charge in [0.25, 0.3) is 0 Å². The van der Waals surface area contributed by atoms with Gasteiger partial charge in [-0.15, -0.1) is 0 Å². The molecule has 4 nitrogen and oxygen atoms in total. The fourth-order valence-corrected chi connectivity index (χ4v) is 3.62. The van der Waals surface area contributed by atoms with Crippen molar-refractivity contribution < 1.29 is 9.59 Å². The zero-order chi connectivity index (χ0) is 14.7. The molecule has 4 heteroatoms. The molecule has 3 unspecified atom stereocenters. The molecule has 1 N–H and O–H groups in total. The van der Waals surface area contributed by atoms with Crippen LogP contribution >= 0.6 is 0 Å². The largest absolute Gasteiger partial charge is 0.352 e. The predicted molar refractivity (Wildman–Crippen MR) is 79.1 cm³/mol. The van der Waals surface area contributed by atoms with E-state index in [4.69, 9.17) is 0 Å². The third-order valence-corrected chi connectivity index (χ3v) is 4.63. The Kier molecular flexibility index (Phi) is 5.06. The van der Waals surface area contributed by atoms with Gasteiger partial charge in [0, 0.05) is 19.0 Å². The van der Waals surface area contributed by atoms with Crippen LogP contribution in [0.3, 0.4) is 0 Å². The molecule has 0 aromatic heterocycles. The number of amides is 2. The third-order valence-electron chi connectivity index (χ3n) is 4.63. The molecule has 2 aliphatic rings. The first-order valence-corrected chi connectivity index (χ1v) is 8.09. The van der Waals surface area contributed by atoms with Gasteiger partial charge in [-0.1, -0.05) is 33.6 Å². The van der Waals surface area contributed by atoms with E-state index < -0.39 is 0 Å². The highest BCUT2D eigenvalue weighted by Gasteiger charge is 2.35. The molecule has 1 aliphatic heterocycles. The fraction of sp³-hybridized carbons (Fsp3) is 0.875. The lowest BCUT2D eigenvalue weighted by Gasteiger charge is -2.33. The number of hydrogen-bond donors (Lipinski definition) is 1. The number of nitrogens with one attached hydrogen (secondary N) is 1. The van der Waals surface area contributed by atoms with E-state index in [-0.39, 0.29) is 23.8 Å². The maximum atomic E-state index is 12.6. The second-order valence-corrected chi connectivity index (χ2v) is 6.86. The van der Waals surface area contributed by atoms with Crippen molar-refractivity contribution in [2.45, 2.75) is 71.4 Å². The number of likely N-dealkylation sites (tertiary alicyclic amines) is 1. The molecule has 2 fully saturated rings. The van der Waals surface area contributed by atoms with Crippen molar-refractivity contribution in [3.05, 3.63) is 0 Å². The summed E-state index contributed by atoms with van der Waals surface area (Å²) in [4.78, 5) is 26.3. The van der Waals surface area contributed by atoms with Crippen molar-refractivity contribution in [1.82, 2.24) is 10.2 Å². The highest BCUT2D eigenvalue weighted by molar-refractivity contribution is 5.88. The minimum absolute atomic E-state index is 0.0503. The first kappa shape index (κ1) is 15.3. The van der Waals surface area contributed by atoms with Crippen LogP contribution in [0.4, 0.5) is 0 Å². The Balaban J connectivity index is 1.98. The van der Waals surface area contributed by atoms with Gasteiger partial charge in [-0.25, -0.2) is 0 Å². The fourth-order valence-electron chi connectivity index (χ4n) is 3.62. The molecule has 114 valence electrons. The lowest BCUT2D eigenvalue weighted by Crippen LogP contribution is -2.53. The molecule has 0 bridgehead atoms. The van der Waals surface area contributed by atoms with Crippen molar-refractivity contribution in [3.8, 4) is 0 Å². The van der Waals surface area contributed by atoms with Crippen molar-refractivity contribution in [3.63, 3.8) is 0 Å². The van der Waals surface area contributed by atoms with Crippen molar-refractivity contribution in [2.24, 2.45) is 11.8 Å². The van der Waals surface area contributed by atoms with Gasteiger partial charge in [0.1, 0.15) is 6.04 Å². The maximum absolute atomic E-state index is 12.6. The number of nitrogens with zero attached hydrogens (tertiary/aromatic N) is 1. The first-order chi connectivity index (χ1) is 9.49. The summed E-state index contributed by atoms with van der Waals surface area (Å²) in [7, 11) is 0. The summed E-state index contributed by atoms with van der Waals surface area (Å²) in [6.45, 7) is 7.04. The number of carbonyl (C=O) groups is 2. The summed E-state index contributed by atoms with van der Waals surface area (Å²) >= 11 is 0. The molecule has 1 saturated carbocycles. The molecule has 1 heterocycles. The van der Waals surface area contributed by atoms with Crippen LogP contribution < -0.4 is 5.32 Å². The second kappa shape index (κ2) is 6.59. The molecule has 2 rings (SSSR count). The summed E-state index contributed by atoms with van der Waals surface area (Å²) in [6, 6.07) is 0.00689. The molecule has 0 spiro atoms. The molecule has 0 aromatic rings. The minimum atomic E-state index is -0.290. The molecule has 1 saturated heterocycles. The van der Waals surface area contributed by atoms with Crippen molar-refractivity contribution >= 4 is 11.8 Å². The Morgan fingerprint density at radius 1 is 1.30 bits per heavy atom. The molecule has 3 atom stereocenters. The van der Waals surface area contributed by atoms with Crippen molar-refractivity contribution in [2.75, 3.05) is 6.54 Å². The predicted octanol–water partition coefficient (Wildman–Crippen LogP) is 2.33. The topological polar surface area (TPSA) is 49.4 Å². The summed E-state index contributed by atoms with van der Waals surface area (Å²) in [5, 5.41) is 3.20.